The summed E-state index contributed by atoms with van der Waals surface area (Å²) in [5, 5.41) is 0. The minimum atomic E-state index is -3.85. The molecule has 17 heavy (non-hydrogen) atoms. The molecule has 1 heterocycles. The van der Waals surface area contributed by atoms with Gasteiger partial charge in [0.2, 0.25) is 12.0 Å². The van der Waals surface area contributed by atoms with Gasteiger partial charge in [-0.1, -0.05) is 30.3 Å². The second-order valence-corrected chi connectivity index (χ2v) is 4.71. The summed E-state index contributed by atoms with van der Waals surface area (Å²) in [6.07, 6.45) is 1.31. The van der Waals surface area contributed by atoms with Crippen molar-refractivity contribution in [2.45, 2.75) is 6.92 Å². The highest BCUT2D eigenvalue weighted by Gasteiger charge is 2.28. The van der Waals surface area contributed by atoms with E-state index in [-0.39, 0.29) is 6.61 Å². The molecular weight excluding hydrogens is 242 g/mol. The zero-order valence-electron chi connectivity index (χ0n) is 9.24. The summed E-state index contributed by atoms with van der Waals surface area (Å²) >= 11 is 0. The zero-order valence-corrected chi connectivity index (χ0v) is 10.1. The topological polar surface area (TPSA) is 60.4 Å². The minimum Gasteiger partial charge on any atom is -0.216 e. The van der Waals surface area contributed by atoms with Crippen LogP contribution in [0, 0.1) is 0 Å². The lowest BCUT2D eigenvalue weighted by Crippen LogP contribution is -2.41. The van der Waals surface area contributed by atoms with E-state index in [0.29, 0.717) is 9.91 Å². The van der Waals surface area contributed by atoms with Crippen LogP contribution in [0.4, 0.5) is 0 Å². The number of hydrogen-bond donors (Lipinski definition) is 0. The van der Waals surface area contributed by atoms with E-state index in [4.69, 9.17) is 4.52 Å². The molecule has 0 saturated heterocycles. The Hall–Kier alpha value is -1.66. The summed E-state index contributed by atoms with van der Waals surface area (Å²) in [6.45, 7) is 1.66. The molecule has 5 nitrogen and oxygen atoms in total. The second kappa shape index (κ2) is 4.68. The summed E-state index contributed by atoms with van der Waals surface area (Å²) in [7, 11) is -3.85. The first-order valence-electron chi connectivity index (χ1n) is 5.11. The van der Waals surface area contributed by atoms with Crippen LogP contribution < -0.4 is 4.15 Å². The van der Waals surface area contributed by atoms with Gasteiger partial charge >= 0.3 is 10.3 Å². The molecule has 0 N–H and O–H groups in total. The molecule has 6 heteroatoms. The van der Waals surface area contributed by atoms with Crippen LogP contribution in [0.15, 0.2) is 47.1 Å². The maximum Gasteiger partial charge on any atom is 0.556 e. The smallest absolute Gasteiger partial charge is 0.216 e. The summed E-state index contributed by atoms with van der Waals surface area (Å²) < 4.78 is 33.6. The van der Waals surface area contributed by atoms with E-state index < -0.39 is 10.3 Å². The first-order valence-corrected chi connectivity index (χ1v) is 6.47. The van der Waals surface area contributed by atoms with Crippen LogP contribution in [0.5, 0.6) is 0 Å². The maximum atomic E-state index is 11.5. The van der Waals surface area contributed by atoms with Gasteiger partial charge in [0.05, 0.1) is 12.7 Å². The molecule has 0 unspecified atom stereocenters. The fourth-order valence-corrected chi connectivity index (χ4v) is 2.14. The Bertz CT molecular complexity index is 589. The first-order chi connectivity index (χ1) is 8.13. The van der Waals surface area contributed by atoms with Crippen LogP contribution >= 0.6 is 0 Å². The summed E-state index contributed by atoms with van der Waals surface area (Å²) in [6, 6.07) is 10.8. The average Bonchev–Trinajstić information content (AvgIpc) is 2.80. The molecule has 0 spiro atoms. The standard InChI is InChI=1S/C11H12NO4S/c1-2-15-17(13,14)12-9-8-11(16-12)10-6-4-3-5-7-10/h3-9H,2H2,1H3/q+1. The van der Waals surface area contributed by atoms with Crippen LogP contribution in [0.3, 0.4) is 0 Å². The third-order valence-corrected chi connectivity index (χ3v) is 3.25. The average molecular weight is 254 g/mol. The number of nitrogens with zero attached hydrogens (tertiary/aromatic N) is 1. The van der Waals surface area contributed by atoms with Crippen LogP contribution in [0.2, 0.25) is 0 Å². The van der Waals surface area contributed by atoms with Gasteiger partial charge in [-0.2, -0.15) is 0 Å². The van der Waals surface area contributed by atoms with Gasteiger partial charge in [0, 0.05) is 5.56 Å². The number of rotatable bonds is 4. The van der Waals surface area contributed by atoms with Gasteiger partial charge in [-0.3, -0.25) is 0 Å². The van der Waals surface area contributed by atoms with Gasteiger partial charge in [-0.25, -0.2) is 8.71 Å². The van der Waals surface area contributed by atoms with Crippen LogP contribution in [0.25, 0.3) is 11.3 Å². The van der Waals surface area contributed by atoms with E-state index in [1.54, 1.807) is 13.0 Å². The van der Waals surface area contributed by atoms with Crippen LogP contribution in [-0.2, 0) is 14.5 Å². The van der Waals surface area contributed by atoms with Crippen molar-refractivity contribution >= 4 is 10.3 Å². The molecule has 0 atom stereocenters. The number of aromatic nitrogens is 1. The second-order valence-electron chi connectivity index (χ2n) is 3.26. The minimum absolute atomic E-state index is 0.0662. The molecule has 1 aromatic carbocycles. The Balaban J connectivity index is 2.35. The SMILES string of the molecule is CCOS(=O)(=O)[n+]1ccc(-c2ccccc2)o1. The van der Waals surface area contributed by atoms with Gasteiger partial charge in [0.1, 0.15) is 4.15 Å². The van der Waals surface area contributed by atoms with Gasteiger partial charge in [-0.05, 0) is 6.92 Å². The third kappa shape index (κ3) is 2.54. The Labute approximate surface area is 99.5 Å². The summed E-state index contributed by atoms with van der Waals surface area (Å²) in [4.78, 5) is 0. The lowest BCUT2D eigenvalue weighted by atomic mass is 10.2. The molecule has 1 aromatic heterocycles. The predicted octanol–water partition coefficient (Wildman–Crippen LogP) is 1.36. The molecule has 0 radical (unpaired) electrons. The first kappa shape index (κ1) is 11.8. The molecule has 0 fully saturated rings. The Morgan fingerprint density at radius 3 is 2.59 bits per heavy atom. The maximum absolute atomic E-state index is 11.5. The molecule has 0 bridgehead atoms. The number of hydrogen-bond acceptors (Lipinski definition) is 4. The van der Waals surface area contributed by atoms with Gasteiger partial charge in [-0.15, -0.1) is 8.42 Å². The van der Waals surface area contributed by atoms with E-state index in [2.05, 4.69) is 4.18 Å². The molecule has 90 valence electrons. The van der Waals surface area contributed by atoms with Gasteiger partial charge < -0.3 is 0 Å². The van der Waals surface area contributed by atoms with Crippen molar-refractivity contribution in [3.8, 4) is 11.3 Å². The van der Waals surface area contributed by atoms with E-state index in [1.165, 1.54) is 6.20 Å². The molecule has 2 aromatic rings. The predicted molar refractivity (Wildman–Crippen MR) is 60.3 cm³/mol. The van der Waals surface area contributed by atoms with Gasteiger partial charge in [0.15, 0.2) is 0 Å². The monoisotopic (exact) mass is 254 g/mol. The molecule has 0 aliphatic rings. The highest BCUT2D eigenvalue weighted by Crippen LogP contribution is 2.16. The largest absolute Gasteiger partial charge is 0.556 e. The van der Waals surface area contributed by atoms with E-state index in [1.807, 2.05) is 30.3 Å². The highest BCUT2D eigenvalue weighted by atomic mass is 32.2. The van der Waals surface area contributed by atoms with Crippen molar-refractivity contribution in [1.29, 1.82) is 0 Å². The lowest BCUT2D eigenvalue weighted by Gasteiger charge is -1.92. The van der Waals surface area contributed by atoms with Gasteiger partial charge in [0.25, 0.3) is 0 Å². The van der Waals surface area contributed by atoms with Crippen molar-refractivity contribution in [2.24, 2.45) is 0 Å². The lowest BCUT2D eigenvalue weighted by molar-refractivity contribution is -0.718. The summed E-state index contributed by atoms with van der Waals surface area (Å²) in [5.41, 5.74) is 0.804. The Morgan fingerprint density at radius 2 is 1.94 bits per heavy atom. The fraction of sp³-hybridized carbons (Fsp3) is 0.182. The number of benzene rings is 1. The molecule has 2 rings (SSSR count). The van der Waals surface area contributed by atoms with E-state index in [9.17, 15) is 8.42 Å². The van der Waals surface area contributed by atoms with Crippen molar-refractivity contribution < 1.29 is 21.3 Å². The third-order valence-electron chi connectivity index (χ3n) is 2.08. The fourth-order valence-electron chi connectivity index (χ4n) is 1.36. The molecule has 0 aliphatic carbocycles. The normalized spacial score (nSPS) is 11.6. The van der Waals surface area contributed by atoms with Crippen molar-refractivity contribution in [1.82, 2.24) is 0 Å². The summed E-state index contributed by atoms with van der Waals surface area (Å²) in [5.74, 6) is 0.467. The molecule has 0 amide bonds. The molecule has 0 aliphatic heterocycles. The quantitative estimate of drug-likeness (QED) is 0.773. The Morgan fingerprint density at radius 1 is 1.24 bits per heavy atom. The van der Waals surface area contributed by atoms with Crippen LogP contribution in [-0.4, -0.2) is 15.0 Å². The molecular formula is C11H12NO4S+. The van der Waals surface area contributed by atoms with E-state index >= 15 is 0 Å². The van der Waals surface area contributed by atoms with Crippen molar-refractivity contribution in [3.63, 3.8) is 0 Å². The zero-order chi connectivity index (χ0) is 12.3. The van der Waals surface area contributed by atoms with Crippen LogP contribution in [0.1, 0.15) is 6.92 Å². The van der Waals surface area contributed by atoms with E-state index in [0.717, 1.165) is 5.56 Å². The Kier molecular flexibility index (Phi) is 3.26. The molecule has 0 saturated carbocycles. The highest BCUT2D eigenvalue weighted by molar-refractivity contribution is 7.79. The van der Waals surface area contributed by atoms with Crippen molar-refractivity contribution in [3.05, 3.63) is 42.6 Å². The van der Waals surface area contributed by atoms with Crippen molar-refractivity contribution in [2.75, 3.05) is 6.61 Å².